The molecule has 4 heteroatoms. The second-order valence-corrected chi connectivity index (χ2v) is 4.23. The molecule has 0 bridgehead atoms. The minimum absolute atomic E-state index is 0.0636. The molecule has 0 radical (unpaired) electrons. The number of ether oxygens (including phenoxy) is 1. The van der Waals surface area contributed by atoms with Gasteiger partial charge in [-0.25, -0.2) is 0 Å². The quantitative estimate of drug-likeness (QED) is 0.835. The van der Waals surface area contributed by atoms with Gasteiger partial charge in [-0.1, -0.05) is 12.1 Å². The number of nitrogens with one attached hydrogen (secondary N) is 2. The maximum Gasteiger partial charge on any atom is 0.228 e. The van der Waals surface area contributed by atoms with E-state index in [0.717, 1.165) is 31.6 Å². The van der Waals surface area contributed by atoms with Gasteiger partial charge in [0, 0.05) is 6.54 Å². The normalized spacial score (nSPS) is 19.7. The standard InChI is InChI=1S/C13H18N2O2/c1-17-12-7-3-2-6-11(12)15-13(16)10-5-4-8-14-9-10/h2-3,6-7,10,14H,4-5,8-9H2,1H3,(H,15,16)/t10-/m0/s1. The van der Waals surface area contributed by atoms with Gasteiger partial charge >= 0.3 is 0 Å². The second kappa shape index (κ2) is 5.68. The van der Waals surface area contributed by atoms with E-state index in [-0.39, 0.29) is 11.8 Å². The Morgan fingerprint density at radius 3 is 3.00 bits per heavy atom. The minimum atomic E-state index is 0.0636. The van der Waals surface area contributed by atoms with E-state index >= 15 is 0 Å². The third kappa shape index (κ3) is 2.97. The first-order chi connectivity index (χ1) is 8.31. The van der Waals surface area contributed by atoms with Crippen LogP contribution in [-0.4, -0.2) is 26.1 Å². The molecule has 0 saturated carbocycles. The molecule has 2 N–H and O–H groups in total. The summed E-state index contributed by atoms with van der Waals surface area (Å²) in [4.78, 5) is 12.0. The van der Waals surface area contributed by atoms with E-state index in [4.69, 9.17) is 4.74 Å². The monoisotopic (exact) mass is 234 g/mol. The van der Waals surface area contributed by atoms with Gasteiger partial charge in [-0.15, -0.1) is 0 Å². The van der Waals surface area contributed by atoms with Gasteiger partial charge in [0.1, 0.15) is 5.75 Å². The van der Waals surface area contributed by atoms with Crippen LogP contribution in [0.25, 0.3) is 0 Å². The number of methoxy groups -OCH3 is 1. The van der Waals surface area contributed by atoms with Crippen molar-refractivity contribution in [3.05, 3.63) is 24.3 Å². The summed E-state index contributed by atoms with van der Waals surface area (Å²) in [6.07, 6.45) is 2.01. The summed E-state index contributed by atoms with van der Waals surface area (Å²) >= 11 is 0. The third-order valence-corrected chi connectivity index (χ3v) is 3.03. The van der Waals surface area contributed by atoms with Crippen LogP contribution in [0.3, 0.4) is 0 Å². The highest BCUT2D eigenvalue weighted by Gasteiger charge is 2.21. The summed E-state index contributed by atoms with van der Waals surface area (Å²) in [5.41, 5.74) is 0.741. The fourth-order valence-corrected chi connectivity index (χ4v) is 2.06. The summed E-state index contributed by atoms with van der Waals surface area (Å²) in [6, 6.07) is 7.47. The molecular formula is C13H18N2O2. The fourth-order valence-electron chi connectivity index (χ4n) is 2.06. The number of piperidine rings is 1. The molecule has 1 heterocycles. The van der Waals surface area contributed by atoms with E-state index < -0.39 is 0 Å². The predicted molar refractivity (Wildman–Crippen MR) is 67.2 cm³/mol. The first kappa shape index (κ1) is 11.9. The lowest BCUT2D eigenvalue weighted by Gasteiger charge is -2.22. The van der Waals surface area contributed by atoms with E-state index in [2.05, 4.69) is 10.6 Å². The van der Waals surface area contributed by atoms with Gasteiger partial charge in [-0.3, -0.25) is 4.79 Å². The first-order valence-electron chi connectivity index (χ1n) is 5.96. The van der Waals surface area contributed by atoms with Crippen molar-refractivity contribution >= 4 is 11.6 Å². The highest BCUT2D eigenvalue weighted by atomic mass is 16.5. The van der Waals surface area contributed by atoms with Gasteiger partial charge in [-0.2, -0.15) is 0 Å². The van der Waals surface area contributed by atoms with Crippen molar-refractivity contribution in [1.29, 1.82) is 0 Å². The molecule has 4 nitrogen and oxygen atoms in total. The molecule has 0 spiro atoms. The average molecular weight is 234 g/mol. The molecule has 92 valence electrons. The molecule has 1 aromatic rings. The van der Waals surface area contributed by atoms with Crippen LogP contribution in [0.1, 0.15) is 12.8 Å². The Morgan fingerprint density at radius 1 is 1.47 bits per heavy atom. The number of amides is 1. The molecule has 1 fully saturated rings. The number of rotatable bonds is 3. The van der Waals surface area contributed by atoms with Gasteiger partial charge in [-0.05, 0) is 31.5 Å². The topological polar surface area (TPSA) is 50.4 Å². The van der Waals surface area contributed by atoms with E-state index in [1.165, 1.54) is 0 Å². The lowest BCUT2D eigenvalue weighted by molar-refractivity contribution is -0.120. The van der Waals surface area contributed by atoms with Crippen molar-refractivity contribution in [3.8, 4) is 5.75 Å². The van der Waals surface area contributed by atoms with Gasteiger partial charge in [0.25, 0.3) is 0 Å². The van der Waals surface area contributed by atoms with E-state index in [0.29, 0.717) is 5.75 Å². The molecule has 1 aliphatic heterocycles. The van der Waals surface area contributed by atoms with Crippen molar-refractivity contribution in [3.63, 3.8) is 0 Å². The average Bonchev–Trinajstić information content (AvgIpc) is 2.40. The Labute approximate surface area is 101 Å². The number of para-hydroxylation sites is 2. The molecule has 17 heavy (non-hydrogen) atoms. The van der Waals surface area contributed by atoms with Crippen LogP contribution in [-0.2, 0) is 4.79 Å². The van der Waals surface area contributed by atoms with E-state index in [9.17, 15) is 4.79 Å². The Balaban J connectivity index is 2.01. The van der Waals surface area contributed by atoms with Crippen molar-refractivity contribution in [2.45, 2.75) is 12.8 Å². The van der Waals surface area contributed by atoms with Crippen molar-refractivity contribution in [2.24, 2.45) is 5.92 Å². The highest BCUT2D eigenvalue weighted by Crippen LogP contribution is 2.24. The molecule has 0 aromatic heterocycles. The molecule has 1 aromatic carbocycles. The van der Waals surface area contributed by atoms with Crippen molar-refractivity contribution < 1.29 is 9.53 Å². The molecule has 1 saturated heterocycles. The van der Waals surface area contributed by atoms with Crippen molar-refractivity contribution in [1.82, 2.24) is 5.32 Å². The third-order valence-electron chi connectivity index (χ3n) is 3.03. The van der Waals surface area contributed by atoms with Crippen LogP contribution < -0.4 is 15.4 Å². The van der Waals surface area contributed by atoms with Crippen molar-refractivity contribution in [2.75, 3.05) is 25.5 Å². The summed E-state index contributed by atoms with van der Waals surface area (Å²) in [6.45, 7) is 1.78. The Bertz CT molecular complexity index is 387. The van der Waals surface area contributed by atoms with Crippen LogP contribution in [0.4, 0.5) is 5.69 Å². The largest absolute Gasteiger partial charge is 0.495 e. The maximum absolute atomic E-state index is 12.0. The molecule has 0 aliphatic carbocycles. The number of anilines is 1. The SMILES string of the molecule is COc1ccccc1NC(=O)[C@H]1CCCNC1. The Morgan fingerprint density at radius 2 is 2.29 bits per heavy atom. The number of carbonyl (C=O) groups is 1. The van der Waals surface area contributed by atoms with Gasteiger partial charge in [0.05, 0.1) is 18.7 Å². The first-order valence-corrected chi connectivity index (χ1v) is 5.96. The number of carbonyl (C=O) groups excluding carboxylic acids is 1. The minimum Gasteiger partial charge on any atom is -0.495 e. The van der Waals surface area contributed by atoms with Crippen LogP contribution in [0.2, 0.25) is 0 Å². The summed E-state index contributed by atoms with van der Waals surface area (Å²) in [5, 5.41) is 6.17. The molecule has 1 amide bonds. The zero-order valence-electron chi connectivity index (χ0n) is 10.0. The van der Waals surface area contributed by atoms with Crippen LogP contribution >= 0.6 is 0 Å². The maximum atomic E-state index is 12.0. The van der Waals surface area contributed by atoms with Gasteiger partial charge in [0.15, 0.2) is 0 Å². The zero-order valence-corrected chi connectivity index (χ0v) is 10.0. The highest BCUT2D eigenvalue weighted by molar-refractivity contribution is 5.94. The predicted octanol–water partition coefficient (Wildman–Crippen LogP) is 1.63. The molecule has 2 rings (SSSR count). The van der Waals surface area contributed by atoms with E-state index in [1.807, 2.05) is 24.3 Å². The molecule has 0 unspecified atom stereocenters. The molecule has 1 aliphatic rings. The van der Waals surface area contributed by atoms with Crippen LogP contribution in [0.5, 0.6) is 5.75 Å². The Hall–Kier alpha value is -1.55. The van der Waals surface area contributed by atoms with Gasteiger partial charge in [0.2, 0.25) is 5.91 Å². The lowest BCUT2D eigenvalue weighted by Crippen LogP contribution is -2.37. The van der Waals surface area contributed by atoms with Crippen LogP contribution in [0, 0.1) is 5.92 Å². The summed E-state index contributed by atoms with van der Waals surface area (Å²) < 4.78 is 5.20. The fraction of sp³-hybridized carbons (Fsp3) is 0.462. The number of hydrogen-bond acceptors (Lipinski definition) is 3. The van der Waals surface area contributed by atoms with Crippen LogP contribution in [0.15, 0.2) is 24.3 Å². The summed E-state index contributed by atoms with van der Waals surface area (Å²) in [7, 11) is 1.60. The smallest absolute Gasteiger partial charge is 0.228 e. The molecule has 1 atom stereocenters. The van der Waals surface area contributed by atoms with E-state index in [1.54, 1.807) is 7.11 Å². The summed E-state index contributed by atoms with van der Waals surface area (Å²) in [5.74, 6) is 0.833. The molecular weight excluding hydrogens is 216 g/mol. The lowest BCUT2D eigenvalue weighted by atomic mass is 9.99. The van der Waals surface area contributed by atoms with Gasteiger partial charge < -0.3 is 15.4 Å². The number of hydrogen-bond donors (Lipinski definition) is 2. The second-order valence-electron chi connectivity index (χ2n) is 4.23. The Kier molecular flexibility index (Phi) is 3.98. The zero-order chi connectivity index (χ0) is 12.1. The number of benzene rings is 1.